The maximum atomic E-state index is 14.9. The Kier molecular flexibility index (Phi) is 5.49. The molecule has 0 N–H and O–H groups in total. The molecule has 1 unspecified atom stereocenters. The first-order chi connectivity index (χ1) is 14.1. The molecule has 1 aliphatic heterocycles. The Morgan fingerprint density at radius 2 is 1.97 bits per heavy atom. The number of esters is 1. The number of ether oxygens (including phenoxy) is 3. The van der Waals surface area contributed by atoms with E-state index in [-0.39, 0.29) is 24.8 Å². The summed E-state index contributed by atoms with van der Waals surface area (Å²) in [6, 6.07) is 11.6. The summed E-state index contributed by atoms with van der Waals surface area (Å²) in [6.45, 7) is 0.272. The molecule has 2 aromatic carbocycles. The molecule has 0 spiro atoms. The third-order valence-corrected chi connectivity index (χ3v) is 5.20. The van der Waals surface area contributed by atoms with Gasteiger partial charge in [-0.25, -0.2) is 9.18 Å². The van der Waals surface area contributed by atoms with E-state index in [1.165, 1.54) is 18.1 Å². The summed E-state index contributed by atoms with van der Waals surface area (Å²) in [4.78, 5) is 26.0. The fraction of sp³-hybridized carbons (Fsp3) is 0.364. The number of hydrogen-bond acceptors (Lipinski definition) is 5. The standard InChI is InChI=1S/C22H22FNO5/c1-27-22(26)19-12-28-13-24(19)21(25)17-9-16(15-7-8-15)20(10-18(17)23)29-11-14-5-3-2-4-6-14/h2-6,9-10,15,19H,7-8,11-13H2,1H3. The van der Waals surface area contributed by atoms with Crippen LogP contribution < -0.4 is 4.74 Å². The zero-order chi connectivity index (χ0) is 20.4. The molecule has 1 heterocycles. The van der Waals surface area contributed by atoms with E-state index in [0.717, 1.165) is 24.0 Å². The highest BCUT2D eigenvalue weighted by molar-refractivity contribution is 5.97. The SMILES string of the molecule is COC(=O)C1COCN1C(=O)c1cc(C2CC2)c(OCc2ccccc2)cc1F. The summed E-state index contributed by atoms with van der Waals surface area (Å²) < 4.78 is 30.7. The van der Waals surface area contributed by atoms with Crippen LogP contribution in [0.1, 0.15) is 40.2 Å². The fourth-order valence-corrected chi connectivity index (χ4v) is 3.44. The topological polar surface area (TPSA) is 65.1 Å². The van der Waals surface area contributed by atoms with Crippen molar-refractivity contribution in [2.75, 3.05) is 20.4 Å². The number of halogens is 1. The van der Waals surface area contributed by atoms with Crippen molar-refractivity contribution in [1.82, 2.24) is 4.90 Å². The molecule has 6 nitrogen and oxygen atoms in total. The second-order valence-corrected chi connectivity index (χ2v) is 7.23. The van der Waals surface area contributed by atoms with Crippen LogP contribution in [0.5, 0.6) is 5.75 Å². The van der Waals surface area contributed by atoms with Gasteiger partial charge in [0.25, 0.3) is 5.91 Å². The molecular weight excluding hydrogens is 377 g/mol. The summed E-state index contributed by atoms with van der Waals surface area (Å²) in [5, 5.41) is 0. The minimum Gasteiger partial charge on any atom is -0.489 e. The molecule has 2 aromatic rings. The third kappa shape index (κ3) is 4.10. The average Bonchev–Trinajstić information content (AvgIpc) is 3.47. The Bertz CT molecular complexity index is 913. The summed E-state index contributed by atoms with van der Waals surface area (Å²) in [6.07, 6.45) is 1.94. The normalized spacial score (nSPS) is 18.6. The minimum atomic E-state index is -0.870. The Labute approximate surface area is 168 Å². The molecule has 7 heteroatoms. The van der Waals surface area contributed by atoms with Crippen LogP contribution >= 0.6 is 0 Å². The smallest absolute Gasteiger partial charge is 0.331 e. The van der Waals surface area contributed by atoms with Crippen LogP contribution in [-0.2, 0) is 20.9 Å². The van der Waals surface area contributed by atoms with Crippen LogP contribution in [-0.4, -0.2) is 43.3 Å². The number of benzene rings is 2. The zero-order valence-corrected chi connectivity index (χ0v) is 16.1. The van der Waals surface area contributed by atoms with Crippen LogP contribution in [0.25, 0.3) is 0 Å². The highest BCUT2D eigenvalue weighted by Gasteiger charge is 2.38. The third-order valence-electron chi connectivity index (χ3n) is 5.20. The molecule has 1 aliphatic carbocycles. The van der Waals surface area contributed by atoms with Gasteiger partial charge in [-0.05, 0) is 36.0 Å². The van der Waals surface area contributed by atoms with Gasteiger partial charge in [-0.1, -0.05) is 30.3 Å². The molecule has 0 radical (unpaired) electrons. The first-order valence-corrected chi connectivity index (χ1v) is 9.55. The van der Waals surface area contributed by atoms with Gasteiger partial charge in [0.05, 0.1) is 19.3 Å². The van der Waals surface area contributed by atoms with E-state index in [1.807, 2.05) is 30.3 Å². The van der Waals surface area contributed by atoms with Crippen LogP contribution in [0.15, 0.2) is 42.5 Å². The van der Waals surface area contributed by atoms with Gasteiger partial charge >= 0.3 is 5.97 Å². The quantitative estimate of drug-likeness (QED) is 0.698. The lowest BCUT2D eigenvalue weighted by molar-refractivity contribution is -0.144. The van der Waals surface area contributed by atoms with Gasteiger partial charge in [0.1, 0.15) is 24.9 Å². The molecule has 4 rings (SSSR count). The summed E-state index contributed by atoms with van der Waals surface area (Å²) >= 11 is 0. The number of carbonyl (C=O) groups excluding carboxylic acids is 2. The van der Waals surface area contributed by atoms with Gasteiger partial charge in [-0.2, -0.15) is 0 Å². The number of rotatable bonds is 6. The lowest BCUT2D eigenvalue weighted by Gasteiger charge is -2.21. The highest BCUT2D eigenvalue weighted by atomic mass is 19.1. The average molecular weight is 399 g/mol. The lowest BCUT2D eigenvalue weighted by atomic mass is 10.0. The fourth-order valence-electron chi connectivity index (χ4n) is 3.44. The molecule has 1 atom stereocenters. The van der Waals surface area contributed by atoms with Crippen molar-refractivity contribution in [3.05, 3.63) is 65.0 Å². The predicted molar refractivity (Wildman–Crippen MR) is 102 cm³/mol. The number of methoxy groups -OCH3 is 1. The molecule has 1 saturated heterocycles. The molecule has 0 bridgehead atoms. The van der Waals surface area contributed by atoms with Crippen LogP contribution in [0.3, 0.4) is 0 Å². The minimum absolute atomic E-state index is 0.0355. The Balaban J connectivity index is 1.59. The number of amides is 1. The van der Waals surface area contributed by atoms with E-state index in [1.54, 1.807) is 6.07 Å². The second kappa shape index (κ2) is 8.21. The highest BCUT2D eigenvalue weighted by Crippen LogP contribution is 2.45. The van der Waals surface area contributed by atoms with E-state index >= 15 is 0 Å². The van der Waals surface area contributed by atoms with Gasteiger partial charge in [0, 0.05) is 6.07 Å². The van der Waals surface area contributed by atoms with Crippen molar-refractivity contribution in [1.29, 1.82) is 0 Å². The van der Waals surface area contributed by atoms with E-state index in [4.69, 9.17) is 14.2 Å². The van der Waals surface area contributed by atoms with E-state index in [2.05, 4.69) is 0 Å². The van der Waals surface area contributed by atoms with Gasteiger partial charge in [0.15, 0.2) is 6.04 Å². The van der Waals surface area contributed by atoms with Crippen molar-refractivity contribution < 1.29 is 28.2 Å². The first-order valence-electron chi connectivity index (χ1n) is 9.55. The molecule has 1 saturated carbocycles. The van der Waals surface area contributed by atoms with Gasteiger partial charge in [0.2, 0.25) is 0 Å². The van der Waals surface area contributed by atoms with E-state index in [9.17, 15) is 14.0 Å². The maximum Gasteiger partial charge on any atom is 0.331 e. The lowest BCUT2D eigenvalue weighted by Crippen LogP contribution is -2.42. The van der Waals surface area contributed by atoms with Crippen molar-refractivity contribution in [3.8, 4) is 5.75 Å². The monoisotopic (exact) mass is 399 g/mol. The van der Waals surface area contributed by atoms with Crippen molar-refractivity contribution in [2.24, 2.45) is 0 Å². The van der Waals surface area contributed by atoms with Crippen molar-refractivity contribution in [2.45, 2.75) is 31.4 Å². The summed E-state index contributed by atoms with van der Waals surface area (Å²) in [5.74, 6) is -1.15. The van der Waals surface area contributed by atoms with E-state index in [0.29, 0.717) is 12.4 Å². The summed E-state index contributed by atoms with van der Waals surface area (Å²) in [5.41, 5.74) is 1.71. The molecule has 152 valence electrons. The second-order valence-electron chi connectivity index (χ2n) is 7.23. The molecule has 29 heavy (non-hydrogen) atoms. The largest absolute Gasteiger partial charge is 0.489 e. The summed E-state index contributed by atoms with van der Waals surface area (Å²) in [7, 11) is 1.24. The molecule has 2 fully saturated rings. The van der Waals surface area contributed by atoms with Crippen molar-refractivity contribution in [3.63, 3.8) is 0 Å². The zero-order valence-electron chi connectivity index (χ0n) is 16.1. The number of carbonyl (C=O) groups is 2. The first kappa shape index (κ1) is 19.4. The van der Waals surface area contributed by atoms with Crippen LogP contribution in [0.2, 0.25) is 0 Å². The van der Waals surface area contributed by atoms with Gasteiger partial charge < -0.3 is 14.2 Å². The maximum absolute atomic E-state index is 14.9. The predicted octanol–water partition coefficient (Wildman–Crippen LogP) is 3.25. The Hall–Kier alpha value is -2.93. The van der Waals surface area contributed by atoms with Gasteiger partial charge in [-0.3, -0.25) is 9.69 Å². The Morgan fingerprint density at radius 1 is 1.21 bits per heavy atom. The van der Waals surface area contributed by atoms with Crippen LogP contribution in [0.4, 0.5) is 4.39 Å². The number of hydrogen-bond donors (Lipinski definition) is 0. The van der Waals surface area contributed by atoms with Crippen LogP contribution in [0, 0.1) is 5.82 Å². The van der Waals surface area contributed by atoms with Crippen molar-refractivity contribution >= 4 is 11.9 Å². The molecule has 1 amide bonds. The molecule has 0 aromatic heterocycles. The molecular formula is C22H22FNO5. The Morgan fingerprint density at radius 3 is 2.66 bits per heavy atom. The van der Waals surface area contributed by atoms with E-state index < -0.39 is 23.7 Å². The number of nitrogens with zero attached hydrogens (tertiary/aromatic N) is 1. The molecule has 2 aliphatic rings. The van der Waals surface area contributed by atoms with Gasteiger partial charge in [-0.15, -0.1) is 0 Å².